The molecule has 2 aromatic carbocycles. The number of carbonyl (C=O) groups excluding carboxylic acids is 2. The van der Waals surface area contributed by atoms with Crippen LogP contribution in [0, 0.1) is 0 Å². The standard InChI is InChI=1S/C31H40ClN5O2/c1-35(21-23-9-3-5-11-27(23)32)31(39)29(19-24-20-33-28-12-6-4-10-26(24)28)34-30(38)22-36-17-13-25(14-18-36)37-15-7-2-8-16-37/h3-6,9-12,20,25,29,33H,2,7-8,13-19,21-22H2,1H3,(H,34,38). The molecule has 5 rings (SSSR count). The predicted molar refractivity (Wildman–Crippen MR) is 157 cm³/mol. The summed E-state index contributed by atoms with van der Waals surface area (Å²) in [6.07, 6.45) is 8.52. The molecule has 2 saturated heterocycles. The van der Waals surface area contributed by atoms with Crippen LogP contribution in [-0.2, 0) is 22.6 Å². The van der Waals surface area contributed by atoms with E-state index in [2.05, 4.69) is 20.1 Å². The molecule has 0 bridgehead atoms. The Morgan fingerprint density at radius 1 is 1.00 bits per heavy atom. The number of benzene rings is 2. The van der Waals surface area contributed by atoms with Gasteiger partial charge in [0.25, 0.3) is 0 Å². The highest BCUT2D eigenvalue weighted by Gasteiger charge is 2.29. The maximum Gasteiger partial charge on any atom is 0.245 e. The summed E-state index contributed by atoms with van der Waals surface area (Å²) in [5.74, 6) is -0.229. The van der Waals surface area contributed by atoms with Gasteiger partial charge < -0.3 is 20.1 Å². The van der Waals surface area contributed by atoms with Crippen molar-refractivity contribution in [2.75, 3.05) is 39.8 Å². The lowest BCUT2D eigenvalue weighted by atomic mass is 10.00. The van der Waals surface area contributed by atoms with Crippen molar-refractivity contribution in [1.29, 1.82) is 0 Å². The number of fused-ring (bicyclic) bond motifs is 1. The molecule has 1 atom stereocenters. The second-order valence-corrected chi connectivity index (χ2v) is 11.5. The lowest BCUT2D eigenvalue weighted by molar-refractivity contribution is -0.136. The normalized spacial score (nSPS) is 18.2. The van der Waals surface area contributed by atoms with Crippen LogP contribution in [0.5, 0.6) is 0 Å². The SMILES string of the molecule is CN(Cc1ccccc1Cl)C(=O)C(Cc1c[nH]c2ccccc12)NC(=O)CN1CCC(N2CCCCC2)CC1. The van der Waals surface area contributed by atoms with E-state index >= 15 is 0 Å². The number of nitrogens with one attached hydrogen (secondary N) is 2. The number of likely N-dealkylation sites (tertiary alicyclic amines) is 2. The van der Waals surface area contributed by atoms with Gasteiger partial charge in [-0.1, -0.05) is 54.4 Å². The van der Waals surface area contributed by atoms with E-state index in [1.165, 1.54) is 32.4 Å². The molecule has 2 aliphatic heterocycles. The molecule has 7 nitrogen and oxygen atoms in total. The molecular weight excluding hydrogens is 510 g/mol. The molecule has 2 aliphatic rings. The molecule has 1 aromatic heterocycles. The first-order valence-electron chi connectivity index (χ1n) is 14.3. The van der Waals surface area contributed by atoms with E-state index in [0.29, 0.717) is 30.6 Å². The van der Waals surface area contributed by atoms with Gasteiger partial charge in [-0.15, -0.1) is 0 Å². The first-order chi connectivity index (χ1) is 19.0. The maximum absolute atomic E-state index is 13.7. The number of amides is 2. The zero-order valence-electron chi connectivity index (χ0n) is 22.9. The number of rotatable bonds is 9. The molecule has 0 aliphatic carbocycles. The van der Waals surface area contributed by atoms with Crippen molar-refractivity contribution in [2.45, 2.75) is 57.2 Å². The second kappa shape index (κ2) is 13.0. The Balaban J connectivity index is 1.24. The van der Waals surface area contributed by atoms with Crippen molar-refractivity contribution in [1.82, 2.24) is 25.0 Å². The lowest BCUT2D eigenvalue weighted by Crippen LogP contribution is -2.52. The average molecular weight is 550 g/mol. The molecule has 8 heteroatoms. The van der Waals surface area contributed by atoms with Gasteiger partial charge in [-0.25, -0.2) is 0 Å². The summed E-state index contributed by atoms with van der Waals surface area (Å²) in [4.78, 5) is 36.8. The highest BCUT2D eigenvalue weighted by atomic mass is 35.5. The first-order valence-corrected chi connectivity index (χ1v) is 14.6. The fraction of sp³-hybridized carbons (Fsp3) is 0.484. The predicted octanol–water partition coefficient (Wildman–Crippen LogP) is 4.46. The van der Waals surface area contributed by atoms with Gasteiger partial charge in [0.05, 0.1) is 6.54 Å². The average Bonchev–Trinajstić information content (AvgIpc) is 3.37. The minimum atomic E-state index is -0.671. The summed E-state index contributed by atoms with van der Waals surface area (Å²) in [7, 11) is 1.77. The summed E-state index contributed by atoms with van der Waals surface area (Å²) >= 11 is 6.37. The Bertz CT molecular complexity index is 1260. The van der Waals surface area contributed by atoms with Gasteiger partial charge in [0.2, 0.25) is 11.8 Å². The molecule has 0 radical (unpaired) electrons. The van der Waals surface area contributed by atoms with Gasteiger partial charge in [0, 0.05) is 61.3 Å². The summed E-state index contributed by atoms with van der Waals surface area (Å²) in [6, 6.07) is 15.6. The number of nitrogens with zero attached hydrogens (tertiary/aromatic N) is 3. The van der Waals surface area contributed by atoms with Gasteiger partial charge in [0.15, 0.2) is 0 Å². The number of aromatic nitrogens is 1. The highest BCUT2D eigenvalue weighted by molar-refractivity contribution is 6.31. The summed E-state index contributed by atoms with van der Waals surface area (Å²) in [6.45, 7) is 4.96. The Morgan fingerprint density at radius 3 is 2.49 bits per heavy atom. The van der Waals surface area contributed by atoms with Crippen LogP contribution in [0.2, 0.25) is 5.02 Å². The summed E-state index contributed by atoms with van der Waals surface area (Å²) < 4.78 is 0. The molecule has 208 valence electrons. The van der Waals surface area contributed by atoms with Crippen LogP contribution in [0.15, 0.2) is 54.7 Å². The molecule has 1 unspecified atom stereocenters. The molecule has 2 N–H and O–H groups in total. The van der Waals surface area contributed by atoms with Gasteiger partial charge in [-0.3, -0.25) is 14.5 Å². The Kier molecular flexibility index (Phi) is 9.22. The largest absolute Gasteiger partial charge is 0.361 e. The third kappa shape index (κ3) is 7.02. The third-order valence-electron chi connectivity index (χ3n) is 8.31. The van der Waals surface area contributed by atoms with Crippen LogP contribution in [0.4, 0.5) is 0 Å². The number of halogens is 1. The Labute approximate surface area is 236 Å². The number of likely N-dealkylation sites (N-methyl/N-ethyl adjacent to an activating group) is 1. The van der Waals surface area contributed by atoms with E-state index in [1.54, 1.807) is 11.9 Å². The van der Waals surface area contributed by atoms with Crippen molar-refractivity contribution in [2.24, 2.45) is 0 Å². The van der Waals surface area contributed by atoms with E-state index in [1.807, 2.05) is 54.7 Å². The zero-order valence-corrected chi connectivity index (χ0v) is 23.6. The highest BCUT2D eigenvalue weighted by Crippen LogP contribution is 2.22. The fourth-order valence-electron chi connectivity index (χ4n) is 6.12. The van der Waals surface area contributed by atoms with E-state index in [0.717, 1.165) is 48.0 Å². The number of aromatic amines is 1. The van der Waals surface area contributed by atoms with Crippen molar-refractivity contribution in [3.63, 3.8) is 0 Å². The maximum atomic E-state index is 13.7. The smallest absolute Gasteiger partial charge is 0.245 e. The van der Waals surface area contributed by atoms with Crippen LogP contribution in [-0.4, -0.2) is 83.4 Å². The zero-order chi connectivity index (χ0) is 27.2. The molecule has 39 heavy (non-hydrogen) atoms. The number of hydrogen-bond acceptors (Lipinski definition) is 4. The number of H-pyrrole nitrogens is 1. The van der Waals surface area contributed by atoms with Crippen molar-refractivity contribution in [3.05, 3.63) is 70.9 Å². The summed E-state index contributed by atoms with van der Waals surface area (Å²) in [5.41, 5.74) is 2.91. The van der Waals surface area contributed by atoms with Crippen LogP contribution < -0.4 is 5.32 Å². The minimum Gasteiger partial charge on any atom is -0.361 e. The molecule has 0 saturated carbocycles. The molecular formula is C31H40ClN5O2. The van der Waals surface area contributed by atoms with Crippen LogP contribution >= 0.6 is 11.6 Å². The molecule has 0 spiro atoms. The van der Waals surface area contributed by atoms with Crippen LogP contribution in [0.3, 0.4) is 0 Å². The van der Waals surface area contributed by atoms with Gasteiger partial charge in [-0.05, 0) is 62.0 Å². The van der Waals surface area contributed by atoms with Gasteiger partial charge >= 0.3 is 0 Å². The molecule has 3 aromatic rings. The van der Waals surface area contributed by atoms with Crippen molar-refractivity contribution < 1.29 is 9.59 Å². The number of para-hydroxylation sites is 1. The topological polar surface area (TPSA) is 71.7 Å². The van der Waals surface area contributed by atoms with Crippen molar-refractivity contribution >= 4 is 34.3 Å². The van der Waals surface area contributed by atoms with Crippen LogP contribution in [0.1, 0.15) is 43.2 Å². The molecule has 2 fully saturated rings. The minimum absolute atomic E-state index is 0.101. The number of hydrogen-bond donors (Lipinski definition) is 2. The lowest BCUT2D eigenvalue weighted by Gasteiger charge is -2.40. The van der Waals surface area contributed by atoms with Gasteiger partial charge in [0.1, 0.15) is 6.04 Å². The van der Waals surface area contributed by atoms with E-state index < -0.39 is 6.04 Å². The first kappa shape index (κ1) is 27.7. The fourth-order valence-corrected chi connectivity index (χ4v) is 6.31. The Morgan fingerprint density at radius 2 is 1.72 bits per heavy atom. The van der Waals surface area contributed by atoms with Crippen LogP contribution in [0.25, 0.3) is 10.9 Å². The Hall–Kier alpha value is -2.87. The van der Waals surface area contributed by atoms with Gasteiger partial charge in [-0.2, -0.15) is 0 Å². The summed E-state index contributed by atoms with van der Waals surface area (Å²) in [5, 5.41) is 4.79. The van der Waals surface area contributed by atoms with E-state index in [-0.39, 0.29) is 11.8 Å². The van der Waals surface area contributed by atoms with E-state index in [9.17, 15) is 9.59 Å². The number of piperidine rings is 2. The third-order valence-corrected chi connectivity index (χ3v) is 8.67. The second-order valence-electron chi connectivity index (χ2n) is 11.1. The molecule has 3 heterocycles. The van der Waals surface area contributed by atoms with Crippen molar-refractivity contribution in [3.8, 4) is 0 Å². The molecule has 2 amide bonds. The monoisotopic (exact) mass is 549 g/mol. The number of carbonyl (C=O) groups is 2. The van der Waals surface area contributed by atoms with E-state index in [4.69, 9.17) is 11.6 Å². The quantitative estimate of drug-likeness (QED) is 0.413.